The van der Waals surface area contributed by atoms with Gasteiger partial charge in [-0.1, -0.05) is 18.3 Å². The maximum absolute atomic E-state index is 9.52. The summed E-state index contributed by atoms with van der Waals surface area (Å²) in [6.07, 6.45) is 4.38. The Bertz CT molecular complexity index is 294. The minimum atomic E-state index is -0.161. The molecular formula is C10H17N3OS. The van der Waals surface area contributed by atoms with Gasteiger partial charge < -0.3 is 10.4 Å². The molecule has 0 saturated heterocycles. The molecule has 1 saturated carbocycles. The molecule has 2 rings (SSSR count). The van der Waals surface area contributed by atoms with E-state index in [4.69, 9.17) is 0 Å². The van der Waals surface area contributed by atoms with Crippen molar-refractivity contribution in [3.05, 3.63) is 5.51 Å². The van der Waals surface area contributed by atoms with Crippen LogP contribution in [0.25, 0.3) is 0 Å². The smallest absolute Gasteiger partial charge is 0.205 e. The van der Waals surface area contributed by atoms with E-state index >= 15 is 0 Å². The van der Waals surface area contributed by atoms with Crippen molar-refractivity contribution in [2.24, 2.45) is 5.92 Å². The van der Waals surface area contributed by atoms with Crippen LogP contribution >= 0.6 is 11.3 Å². The maximum Gasteiger partial charge on any atom is 0.205 e. The third-order valence-corrected chi connectivity index (χ3v) is 3.87. The topological polar surface area (TPSA) is 58.0 Å². The van der Waals surface area contributed by atoms with Crippen LogP contribution in [0.1, 0.15) is 32.6 Å². The molecule has 0 atom stereocenters. The molecule has 0 amide bonds. The van der Waals surface area contributed by atoms with Gasteiger partial charge in [0.05, 0.1) is 12.1 Å². The van der Waals surface area contributed by atoms with E-state index < -0.39 is 0 Å². The predicted molar refractivity (Wildman–Crippen MR) is 61.0 cm³/mol. The van der Waals surface area contributed by atoms with Crippen LogP contribution in [0.15, 0.2) is 5.51 Å². The first-order valence-corrected chi connectivity index (χ1v) is 6.27. The third-order valence-electron chi connectivity index (χ3n) is 3.27. The summed E-state index contributed by atoms with van der Waals surface area (Å²) in [5.41, 5.74) is 1.55. The Balaban J connectivity index is 2.02. The first kappa shape index (κ1) is 10.8. The molecular weight excluding hydrogens is 210 g/mol. The monoisotopic (exact) mass is 227 g/mol. The number of aliphatic hydroxyl groups excluding tert-OH is 1. The highest BCUT2D eigenvalue weighted by Crippen LogP contribution is 2.34. The van der Waals surface area contributed by atoms with Crippen molar-refractivity contribution in [3.8, 4) is 0 Å². The van der Waals surface area contributed by atoms with Gasteiger partial charge in [0.2, 0.25) is 5.13 Å². The number of nitrogens with zero attached hydrogens (tertiary/aromatic N) is 2. The van der Waals surface area contributed by atoms with Crippen LogP contribution in [0.2, 0.25) is 0 Å². The van der Waals surface area contributed by atoms with E-state index in [1.165, 1.54) is 24.2 Å². The summed E-state index contributed by atoms with van der Waals surface area (Å²) in [7, 11) is 0. The van der Waals surface area contributed by atoms with Crippen LogP contribution in [0.4, 0.5) is 5.13 Å². The zero-order valence-electron chi connectivity index (χ0n) is 8.94. The largest absolute Gasteiger partial charge is 0.394 e. The number of aromatic nitrogens is 2. The van der Waals surface area contributed by atoms with Crippen molar-refractivity contribution in [2.45, 2.75) is 38.1 Å². The molecule has 0 spiro atoms. The molecule has 0 radical (unpaired) electrons. The van der Waals surface area contributed by atoms with Crippen LogP contribution in [-0.2, 0) is 0 Å². The Morgan fingerprint density at radius 2 is 2.33 bits per heavy atom. The minimum Gasteiger partial charge on any atom is -0.394 e. The fourth-order valence-electron chi connectivity index (χ4n) is 2.09. The second-order valence-electron chi connectivity index (χ2n) is 4.49. The zero-order valence-corrected chi connectivity index (χ0v) is 9.76. The lowest BCUT2D eigenvalue weighted by molar-refractivity contribution is 0.155. The third kappa shape index (κ3) is 2.46. The van der Waals surface area contributed by atoms with Crippen LogP contribution in [0.5, 0.6) is 0 Å². The van der Waals surface area contributed by atoms with Crippen molar-refractivity contribution in [1.29, 1.82) is 0 Å². The average molecular weight is 227 g/mol. The average Bonchev–Trinajstić information content (AvgIpc) is 2.75. The van der Waals surface area contributed by atoms with Gasteiger partial charge in [0.1, 0.15) is 5.51 Å². The van der Waals surface area contributed by atoms with Gasteiger partial charge in [0.25, 0.3) is 0 Å². The molecule has 0 aliphatic heterocycles. The van der Waals surface area contributed by atoms with Gasteiger partial charge in [-0.2, -0.15) is 0 Å². The molecule has 15 heavy (non-hydrogen) atoms. The summed E-state index contributed by atoms with van der Waals surface area (Å²) >= 11 is 1.49. The van der Waals surface area contributed by atoms with Crippen LogP contribution in [-0.4, -0.2) is 27.4 Å². The number of hydrogen-bond acceptors (Lipinski definition) is 5. The molecule has 4 nitrogen and oxygen atoms in total. The van der Waals surface area contributed by atoms with Crippen molar-refractivity contribution in [2.75, 3.05) is 11.9 Å². The fourth-order valence-corrected chi connectivity index (χ4v) is 2.66. The molecule has 1 heterocycles. The molecule has 0 aromatic carbocycles. The molecule has 5 heteroatoms. The Hall–Kier alpha value is -0.680. The van der Waals surface area contributed by atoms with E-state index in [2.05, 4.69) is 22.4 Å². The minimum absolute atomic E-state index is 0.161. The van der Waals surface area contributed by atoms with Crippen molar-refractivity contribution in [3.63, 3.8) is 0 Å². The maximum atomic E-state index is 9.52. The fraction of sp³-hybridized carbons (Fsp3) is 0.800. The van der Waals surface area contributed by atoms with E-state index in [0.29, 0.717) is 0 Å². The van der Waals surface area contributed by atoms with E-state index in [1.54, 1.807) is 5.51 Å². The summed E-state index contributed by atoms with van der Waals surface area (Å²) in [5, 5.41) is 21.4. The van der Waals surface area contributed by atoms with E-state index in [-0.39, 0.29) is 12.1 Å². The molecule has 2 N–H and O–H groups in total. The molecule has 1 aromatic rings. The Kier molecular flexibility index (Phi) is 3.21. The molecule has 1 fully saturated rings. The summed E-state index contributed by atoms with van der Waals surface area (Å²) in [6, 6.07) is 0. The van der Waals surface area contributed by atoms with Gasteiger partial charge in [-0.05, 0) is 31.6 Å². The van der Waals surface area contributed by atoms with Crippen molar-refractivity contribution in [1.82, 2.24) is 10.2 Å². The summed E-state index contributed by atoms with van der Waals surface area (Å²) in [5.74, 6) is 0.779. The molecule has 0 bridgehead atoms. The Morgan fingerprint density at radius 1 is 1.60 bits per heavy atom. The normalized spacial score (nSPS) is 31.5. The first-order valence-electron chi connectivity index (χ1n) is 5.39. The van der Waals surface area contributed by atoms with Gasteiger partial charge >= 0.3 is 0 Å². The molecule has 1 aliphatic carbocycles. The quantitative estimate of drug-likeness (QED) is 0.828. The van der Waals surface area contributed by atoms with E-state index in [0.717, 1.165) is 23.9 Å². The zero-order chi connectivity index (χ0) is 10.7. The van der Waals surface area contributed by atoms with Gasteiger partial charge in [0.15, 0.2) is 0 Å². The second kappa shape index (κ2) is 4.45. The summed E-state index contributed by atoms with van der Waals surface area (Å²) in [6.45, 7) is 2.45. The lowest BCUT2D eigenvalue weighted by Crippen LogP contribution is -2.45. The van der Waals surface area contributed by atoms with Crippen molar-refractivity contribution >= 4 is 16.5 Å². The lowest BCUT2D eigenvalue weighted by Gasteiger charge is -2.38. The summed E-state index contributed by atoms with van der Waals surface area (Å²) in [4.78, 5) is 0. The van der Waals surface area contributed by atoms with Gasteiger partial charge in [-0.15, -0.1) is 10.2 Å². The predicted octanol–water partition coefficient (Wildman–Crippen LogP) is 1.89. The molecule has 1 aliphatic rings. The van der Waals surface area contributed by atoms with Gasteiger partial charge in [-0.25, -0.2) is 0 Å². The van der Waals surface area contributed by atoms with Crippen LogP contribution < -0.4 is 5.32 Å². The molecule has 1 aromatic heterocycles. The molecule has 0 unspecified atom stereocenters. The van der Waals surface area contributed by atoms with Gasteiger partial charge in [-0.3, -0.25) is 0 Å². The first-order chi connectivity index (χ1) is 7.24. The van der Waals surface area contributed by atoms with E-state index in [1.807, 2.05) is 0 Å². The lowest BCUT2D eigenvalue weighted by atomic mass is 9.78. The Morgan fingerprint density at radius 3 is 2.87 bits per heavy atom. The number of rotatable bonds is 3. The Labute approximate surface area is 93.7 Å². The SMILES string of the molecule is CC1CCC(CO)(Nc2nncs2)CC1. The number of aliphatic hydroxyl groups is 1. The highest BCUT2D eigenvalue weighted by Gasteiger charge is 2.34. The van der Waals surface area contributed by atoms with Gasteiger partial charge in [0, 0.05) is 0 Å². The van der Waals surface area contributed by atoms with E-state index in [9.17, 15) is 5.11 Å². The van der Waals surface area contributed by atoms with Crippen molar-refractivity contribution < 1.29 is 5.11 Å². The molecule has 84 valence electrons. The second-order valence-corrected chi connectivity index (χ2v) is 5.32. The highest BCUT2D eigenvalue weighted by atomic mass is 32.1. The number of nitrogens with one attached hydrogen (secondary N) is 1. The number of anilines is 1. The standard InChI is InChI=1S/C10H17N3OS/c1-8-2-4-10(6-14,5-3-8)12-9-13-11-7-15-9/h7-8,14H,2-6H2,1H3,(H,12,13). The highest BCUT2D eigenvalue weighted by molar-refractivity contribution is 7.13. The van der Waals surface area contributed by atoms with Crippen LogP contribution in [0, 0.1) is 5.92 Å². The number of hydrogen-bond donors (Lipinski definition) is 2. The summed E-state index contributed by atoms with van der Waals surface area (Å²) < 4.78 is 0. The van der Waals surface area contributed by atoms with Crippen LogP contribution in [0.3, 0.4) is 0 Å².